The number of anilines is 1. The average Bonchev–Trinajstić information content (AvgIpc) is 2.36. The molecule has 0 aliphatic heterocycles. The third kappa shape index (κ3) is 4.06. The van der Waals surface area contributed by atoms with Gasteiger partial charge < -0.3 is 20.1 Å². The van der Waals surface area contributed by atoms with Crippen molar-refractivity contribution < 1.29 is 19.4 Å². The molecule has 0 heterocycles. The lowest BCUT2D eigenvalue weighted by molar-refractivity contribution is 0.0697. The van der Waals surface area contributed by atoms with Crippen LogP contribution in [0.4, 0.5) is 10.5 Å². The lowest BCUT2D eigenvalue weighted by Crippen LogP contribution is -2.33. The van der Waals surface area contributed by atoms with Crippen LogP contribution in [0.15, 0.2) is 24.3 Å². The van der Waals surface area contributed by atoms with E-state index in [1.807, 2.05) is 0 Å². The molecule has 98 valence electrons. The third-order valence-corrected chi connectivity index (χ3v) is 2.34. The monoisotopic (exact) mass is 252 g/mol. The summed E-state index contributed by atoms with van der Waals surface area (Å²) in [4.78, 5) is 23.9. The van der Waals surface area contributed by atoms with Crippen molar-refractivity contribution in [2.75, 3.05) is 32.6 Å². The van der Waals surface area contributed by atoms with E-state index >= 15 is 0 Å². The third-order valence-electron chi connectivity index (χ3n) is 2.34. The maximum atomic E-state index is 11.7. The second-order valence-corrected chi connectivity index (χ2v) is 3.73. The lowest BCUT2D eigenvalue weighted by atomic mass is 10.2. The van der Waals surface area contributed by atoms with Crippen LogP contribution < -0.4 is 5.32 Å². The van der Waals surface area contributed by atoms with Crippen LogP contribution >= 0.6 is 0 Å². The quantitative estimate of drug-likeness (QED) is 0.832. The summed E-state index contributed by atoms with van der Waals surface area (Å²) in [5.41, 5.74) is 0.580. The number of carboxylic acids is 1. The van der Waals surface area contributed by atoms with Gasteiger partial charge in [-0.2, -0.15) is 0 Å². The molecule has 1 rings (SSSR count). The van der Waals surface area contributed by atoms with Gasteiger partial charge in [0.15, 0.2) is 0 Å². The molecule has 0 radical (unpaired) electrons. The summed E-state index contributed by atoms with van der Waals surface area (Å²) in [5, 5.41) is 11.4. The topological polar surface area (TPSA) is 78.9 Å². The van der Waals surface area contributed by atoms with E-state index in [9.17, 15) is 9.59 Å². The fraction of sp³-hybridized carbons (Fsp3) is 0.333. The zero-order valence-corrected chi connectivity index (χ0v) is 10.3. The summed E-state index contributed by atoms with van der Waals surface area (Å²) >= 11 is 0. The molecular formula is C12H16N2O4. The van der Waals surface area contributed by atoms with Crippen LogP contribution in [0.2, 0.25) is 0 Å². The Balaban J connectivity index is 2.64. The molecule has 0 aliphatic carbocycles. The van der Waals surface area contributed by atoms with Gasteiger partial charge >= 0.3 is 12.0 Å². The van der Waals surface area contributed by atoms with Gasteiger partial charge in [-0.1, -0.05) is 6.07 Å². The molecule has 0 atom stereocenters. The number of methoxy groups -OCH3 is 1. The van der Waals surface area contributed by atoms with Gasteiger partial charge in [-0.3, -0.25) is 0 Å². The predicted molar refractivity (Wildman–Crippen MR) is 66.9 cm³/mol. The Morgan fingerprint density at radius 3 is 2.78 bits per heavy atom. The SMILES string of the molecule is COCCN(C)C(=O)Nc1cccc(C(=O)O)c1. The number of likely N-dealkylation sites (N-methyl/N-ethyl adjacent to an activating group) is 1. The number of carbonyl (C=O) groups is 2. The van der Waals surface area contributed by atoms with Crippen molar-refractivity contribution in [3.8, 4) is 0 Å². The first kappa shape index (κ1) is 14.0. The summed E-state index contributed by atoms with van der Waals surface area (Å²) in [6.45, 7) is 0.903. The van der Waals surface area contributed by atoms with Gasteiger partial charge in [0, 0.05) is 26.4 Å². The standard InChI is InChI=1S/C12H16N2O4/c1-14(6-7-18-2)12(17)13-10-5-3-4-9(8-10)11(15)16/h3-5,8H,6-7H2,1-2H3,(H,13,17)(H,15,16). The zero-order chi connectivity index (χ0) is 13.5. The number of amides is 2. The van der Waals surface area contributed by atoms with Crippen molar-refractivity contribution in [3.63, 3.8) is 0 Å². The van der Waals surface area contributed by atoms with E-state index in [4.69, 9.17) is 9.84 Å². The van der Waals surface area contributed by atoms with Gasteiger partial charge in [-0.15, -0.1) is 0 Å². The largest absolute Gasteiger partial charge is 0.478 e. The van der Waals surface area contributed by atoms with Crippen LogP contribution in [0, 0.1) is 0 Å². The predicted octanol–water partition coefficient (Wildman–Crippen LogP) is 1.49. The molecule has 0 saturated heterocycles. The zero-order valence-electron chi connectivity index (χ0n) is 10.3. The van der Waals surface area contributed by atoms with E-state index in [0.29, 0.717) is 18.8 Å². The van der Waals surface area contributed by atoms with Crippen molar-refractivity contribution in [1.29, 1.82) is 0 Å². The maximum Gasteiger partial charge on any atom is 0.335 e. The van der Waals surface area contributed by atoms with E-state index < -0.39 is 5.97 Å². The van der Waals surface area contributed by atoms with Gasteiger partial charge in [0.25, 0.3) is 0 Å². The molecule has 0 spiro atoms. The Labute approximate surface area is 105 Å². The molecule has 1 aromatic carbocycles. The van der Waals surface area contributed by atoms with Crippen LogP contribution in [0.1, 0.15) is 10.4 Å². The van der Waals surface area contributed by atoms with Crippen molar-refractivity contribution in [3.05, 3.63) is 29.8 Å². The number of urea groups is 1. The summed E-state index contributed by atoms with van der Waals surface area (Å²) in [6, 6.07) is 5.77. The molecular weight excluding hydrogens is 236 g/mol. The van der Waals surface area contributed by atoms with Crippen molar-refractivity contribution in [2.45, 2.75) is 0 Å². The molecule has 1 aromatic rings. The summed E-state index contributed by atoms with van der Waals surface area (Å²) in [5.74, 6) is -1.03. The fourth-order valence-electron chi connectivity index (χ4n) is 1.28. The maximum absolute atomic E-state index is 11.7. The van der Waals surface area contributed by atoms with Gasteiger partial charge in [0.05, 0.1) is 12.2 Å². The van der Waals surface area contributed by atoms with E-state index in [0.717, 1.165) is 0 Å². The summed E-state index contributed by atoms with van der Waals surface area (Å²) in [7, 11) is 3.19. The number of carbonyl (C=O) groups excluding carboxylic acids is 1. The van der Waals surface area contributed by atoms with Crippen molar-refractivity contribution in [1.82, 2.24) is 4.90 Å². The van der Waals surface area contributed by atoms with Crippen LogP contribution in [-0.2, 0) is 4.74 Å². The Hall–Kier alpha value is -2.08. The molecule has 0 bridgehead atoms. The summed E-state index contributed by atoms with van der Waals surface area (Å²) < 4.78 is 4.86. The first-order valence-electron chi connectivity index (χ1n) is 5.39. The second-order valence-electron chi connectivity index (χ2n) is 3.73. The molecule has 6 heteroatoms. The first-order chi connectivity index (χ1) is 8.54. The molecule has 2 amide bonds. The number of aromatic carboxylic acids is 1. The highest BCUT2D eigenvalue weighted by atomic mass is 16.5. The van der Waals surface area contributed by atoms with E-state index in [-0.39, 0.29) is 11.6 Å². The molecule has 18 heavy (non-hydrogen) atoms. The number of nitrogens with one attached hydrogen (secondary N) is 1. The lowest BCUT2D eigenvalue weighted by Gasteiger charge is -2.17. The van der Waals surface area contributed by atoms with E-state index in [1.54, 1.807) is 26.3 Å². The number of ether oxygens (including phenoxy) is 1. The molecule has 0 saturated carbocycles. The number of hydrogen-bond acceptors (Lipinski definition) is 3. The molecule has 0 unspecified atom stereocenters. The van der Waals surface area contributed by atoms with Crippen LogP contribution in [0.3, 0.4) is 0 Å². The Morgan fingerprint density at radius 2 is 2.17 bits per heavy atom. The highest BCUT2D eigenvalue weighted by Crippen LogP contribution is 2.11. The molecule has 2 N–H and O–H groups in total. The smallest absolute Gasteiger partial charge is 0.335 e. The number of carboxylic acid groups (broad SMARTS) is 1. The fourth-order valence-corrected chi connectivity index (χ4v) is 1.28. The first-order valence-corrected chi connectivity index (χ1v) is 5.39. The van der Waals surface area contributed by atoms with Gasteiger partial charge in [-0.25, -0.2) is 9.59 Å². The Bertz CT molecular complexity index is 434. The Kier molecular flexibility index (Phi) is 5.13. The number of rotatable bonds is 5. The Morgan fingerprint density at radius 1 is 1.44 bits per heavy atom. The van der Waals surface area contributed by atoms with Crippen LogP contribution in [0.5, 0.6) is 0 Å². The average molecular weight is 252 g/mol. The van der Waals surface area contributed by atoms with Crippen LogP contribution in [-0.4, -0.2) is 49.3 Å². The van der Waals surface area contributed by atoms with Crippen molar-refractivity contribution in [2.24, 2.45) is 0 Å². The minimum atomic E-state index is -1.03. The minimum absolute atomic E-state index is 0.132. The normalized spacial score (nSPS) is 9.89. The van der Waals surface area contributed by atoms with Gasteiger partial charge in [0.2, 0.25) is 0 Å². The molecule has 6 nitrogen and oxygen atoms in total. The summed E-state index contributed by atoms with van der Waals surface area (Å²) in [6.07, 6.45) is 0. The second kappa shape index (κ2) is 6.61. The van der Waals surface area contributed by atoms with Gasteiger partial charge in [0.1, 0.15) is 0 Å². The number of benzene rings is 1. The highest BCUT2D eigenvalue weighted by molar-refractivity contribution is 5.93. The minimum Gasteiger partial charge on any atom is -0.478 e. The molecule has 0 aliphatic rings. The van der Waals surface area contributed by atoms with Gasteiger partial charge in [-0.05, 0) is 18.2 Å². The van der Waals surface area contributed by atoms with E-state index in [2.05, 4.69) is 5.32 Å². The molecule has 0 aromatic heterocycles. The number of nitrogens with zero attached hydrogens (tertiary/aromatic N) is 1. The molecule has 0 fully saturated rings. The van der Waals surface area contributed by atoms with Crippen LogP contribution in [0.25, 0.3) is 0 Å². The number of hydrogen-bond donors (Lipinski definition) is 2. The highest BCUT2D eigenvalue weighted by Gasteiger charge is 2.09. The van der Waals surface area contributed by atoms with Crippen molar-refractivity contribution >= 4 is 17.7 Å². The van der Waals surface area contributed by atoms with E-state index in [1.165, 1.54) is 17.0 Å².